The van der Waals surface area contributed by atoms with E-state index in [9.17, 15) is 4.79 Å². The van der Waals surface area contributed by atoms with Gasteiger partial charge in [-0.05, 0) is 56.0 Å². The molecule has 0 aliphatic carbocycles. The number of hydrogen-bond donors (Lipinski definition) is 1. The van der Waals surface area contributed by atoms with Crippen LogP contribution in [0.4, 0.5) is 10.5 Å². The number of rotatable bonds is 4. The number of urea groups is 1. The number of anilines is 1. The molecule has 31 heavy (non-hydrogen) atoms. The molecule has 1 fully saturated rings. The van der Waals surface area contributed by atoms with Crippen molar-refractivity contribution in [3.05, 3.63) is 71.4 Å². The van der Waals surface area contributed by atoms with Gasteiger partial charge in [0.25, 0.3) is 0 Å². The maximum atomic E-state index is 12.6. The van der Waals surface area contributed by atoms with E-state index in [1.807, 2.05) is 42.2 Å². The number of aryl methyl sites for hydroxylation is 2. The highest BCUT2D eigenvalue weighted by molar-refractivity contribution is 5.89. The molecular weight excluding hydrogens is 392 g/mol. The molecule has 1 N–H and O–H groups in total. The van der Waals surface area contributed by atoms with Crippen LogP contribution in [0.2, 0.25) is 0 Å². The first-order valence-electron chi connectivity index (χ1n) is 10.4. The first-order chi connectivity index (χ1) is 15.0. The van der Waals surface area contributed by atoms with Crippen molar-refractivity contribution in [2.45, 2.75) is 27.2 Å². The van der Waals surface area contributed by atoms with Gasteiger partial charge >= 0.3 is 6.03 Å². The molecule has 1 aliphatic heterocycles. The minimum Gasteiger partial charge on any atom is -0.456 e. The number of pyridine rings is 1. The number of carbonyl (C=O) groups is 1. The van der Waals surface area contributed by atoms with E-state index in [1.165, 1.54) is 11.8 Å². The molecule has 1 aliphatic rings. The number of amides is 2. The van der Waals surface area contributed by atoms with Gasteiger partial charge in [-0.1, -0.05) is 35.9 Å². The molecule has 0 bridgehead atoms. The maximum absolute atomic E-state index is 12.6. The van der Waals surface area contributed by atoms with Gasteiger partial charge in [0.15, 0.2) is 5.76 Å². The lowest BCUT2D eigenvalue weighted by Gasteiger charge is -2.33. The van der Waals surface area contributed by atoms with Crippen molar-refractivity contribution in [1.82, 2.24) is 15.0 Å². The van der Waals surface area contributed by atoms with Crippen LogP contribution in [0.5, 0.6) is 11.5 Å². The Hall–Kier alpha value is -3.61. The zero-order valence-electron chi connectivity index (χ0n) is 18.0. The molecule has 160 valence electrons. The Labute approximate surface area is 181 Å². The lowest BCUT2D eigenvalue weighted by Crippen LogP contribution is -2.42. The summed E-state index contributed by atoms with van der Waals surface area (Å²) in [7, 11) is 0. The van der Waals surface area contributed by atoms with Crippen molar-refractivity contribution < 1.29 is 14.1 Å². The van der Waals surface area contributed by atoms with Crippen LogP contribution < -0.4 is 10.1 Å². The zero-order valence-corrected chi connectivity index (χ0v) is 18.0. The molecule has 0 spiro atoms. The Balaban J connectivity index is 1.40. The van der Waals surface area contributed by atoms with E-state index in [0.29, 0.717) is 30.3 Å². The van der Waals surface area contributed by atoms with Crippen molar-refractivity contribution in [3.8, 4) is 11.5 Å². The van der Waals surface area contributed by atoms with E-state index in [2.05, 4.69) is 34.5 Å². The minimum absolute atomic E-state index is 0.126. The molecule has 2 amide bonds. The average Bonchev–Trinajstić information content (AvgIpc) is 3.16. The maximum Gasteiger partial charge on any atom is 0.322 e. The number of aromatic nitrogens is 2. The molecule has 2 aromatic heterocycles. The number of carbonyl (C=O) groups excluding carboxylic acids is 1. The minimum atomic E-state index is -0.126. The number of nitrogens with one attached hydrogen (secondary N) is 1. The number of nitrogens with zero attached hydrogens (tertiary/aromatic N) is 3. The first-order valence-corrected chi connectivity index (χ1v) is 10.4. The van der Waals surface area contributed by atoms with Gasteiger partial charge < -0.3 is 19.5 Å². The van der Waals surface area contributed by atoms with Gasteiger partial charge in [-0.15, -0.1) is 0 Å². The predicted molar refractivity (Wildman–Crippen MR) is 119 cm³/mol. The summed E-state index contributed by atoms with van der Waals surface area (Å²) in [5.41, 5.74) is 3.97. The summed E-state index contributed by atoms with van der Waals surface area (Å²) in [6.45, 7) is 7.19. The summed E-state index contributed by atoms with van der Waals surface area (Å²) < 4.78 is 10.9. The number of hydrogen-bond acceptors (Lipinski definition) is 5. The number of piperidine rings is 1. The molecule has 7 nitrogen and oxygen atoms in total. The quantitative estimate of drug-likeness (QED) is 0.610. The summed E-state index contributed by atoms with van der Waals surface area (Å²) >= 11 is 0. The SMILES string of the molecule is Cc1ccc(Oc2cccc(C=C3CCN(C(=O)Nc4cnoc4C)CC3C)c2)cn1. The van der Waals surface area contributed by atoms with Crippen molar-refractivity contribution in [2.24, 2.45) is 5.92 Å². The van der Waals surface area contributed by atoms with Gasteiger partial charge in [0.1, 0.15) is 17.2 Å². The van der Waals surface area contributed by atoms with Crippen LogP contribution in [0.15, 0.2) is 58.9 Å². The predicted octanol–water partition coefficient (Wildman–Crippen LogP) is 5.44. The molecule has 1 saturated heterocycles. The fourth-order valence-electron chi connectivity index (χ4n) is 3.59. The molecule has 4 rings (SSSR count). The molecule has 3 aromatic rings. The van der Waals surface area contributed by atoms with Crippen LogP contribution in [0.25, 0.3) is 6.08 Å². The van der Waals surface area contributed by atoms with Crippen LogP contribution in [0, 0.1) is 19.8 Å². The molecule has 0 saturated carbocycles. The first kappa shape index (κ1) is 20.7. The van der Waals surface area contributed by atoms with Gasteiger partial charge in [-0.25, -0.2) is 4.79 Å². The van der Waals surface area contributed by atoms with Crippen LogP contribution in [0.3, 0.4) is 0 Å². The lowest BCUT2D eigenvalue weighted by molar-refractivity contribution is 0.197. The fraction of sp³-hybridized carbons (Fsp3) is 0.292. The summed E-state index contributed by atoms with van der Waals surface area (Å²) in [5, 5.41) is 6.57. The van der Waals surface area contributed by atoms with Crippen LogP contribution in [-0.4, -0.2) is 34.2 Å². The van der Waals surface area contributed by atoms with E-state index >= 15 is 0 Å². The largest absolute Gasteiger partial charge is 0.456 e. The molecular formula is C24H26N4O3. The van der Waals surface area contributed by atoms with E-state index in [1.54, 1.807) is 13.1 Å². The van der Waals surface area contributed by atoms with Gasteiger partial charge in [0, 0.05) is 18.8 Å². The highest BCUT2D eigenvalue weighted by Gasteiger charge is 2.25. The Morgan fingerprint density at radius 3 is 2.81 bits per heavy atom. The normalized spacial score (nSPS) is 17.6. The van der Waals surface area contributed by atoms with Crippen molar-refractivity contribution in [3.63, 3.8) is 0 Å². The van der Waals surface area contributed by atoms with Gasteiger partial charge in [-0.3, -0.25) is 4.98 Å². The van der Waals surface area contributed by atoms with E-state index < -0.39 is 0 Å². The Kier molecular flexibility index (Phi) is 6.02. The van der Waals surface area contributed by atoms with E-state index in [4.69, 9.17) is 9.26 Å². The molecule has 1 atom stereocenters. The summed E-state index contributed by atoms with van der Waals surface area (Å²) in [4.78, 5) is 18.7. The van der Waals surface area contributed by atoms with Crippen molar-refractivity contribution in [2.75, 3.05) is 18.4 Å². The smallest absolute Gasteiger partial charge is 0.322 e. The molecule has 0 radical (unpaired) electrons. The third-order valence-electron chi connectivity index (χ3n) is 5.41. The van der Waals surface area contributed by atoms with Crippen LogP contribution >= 0.6 is 0 Å². The monoisotopic (exact) mass is 418 g/mol. The van der Waals surface area contributed by atoms with Gasteiger partial charge in [-0.2, -0.15) is 0 Å². The van der Waals surface area contributed by atoms with Gasteiger partial charge in [0.2, 0.25) is 0 Å². The molecule has 1 aromatic carbocycles. The van der Waals surface area contributed by atoms with E-state index in [0.717, 1.165) is 23.4 Å². The topological polar surface area (TPSA) is 80.5 Å². The van der Waals surface area contributed by atoms with Crippen LogP contribution in [-0.2, 0) is 0 Å². The van der Waals surface area contributed by atoms with Crippen molar-refractivity contribution in [1.29, 1.82) is 0 Å². The number of likely N-dealkylation sites (tertiary alicyclic amines) is 1. The summed E-state index contributed by atoms with van der Waals surface area (Å²) in [6, 6.07) is 11.7. The Morgan fingerprint density at radius 1 is 1.23 bits per heavy atom. The second kappa shape index (κ2) is 9.04. The fourth-order valence-corrected chi connectivity index (χ4v) is 3.59. The Morgan fingerprint density at radius 2 is 2.10 bits per heavy atom. The molecule has 1 unspecified atom stereocenters. The summed E-state index contributed by atoms with van der Waals surface area (Å²) in [5.74, 6) is 2.34. The average molecular weight is 418 g/mol. The standard InChI is InChI=1S/C24H26N4O3/c1-16-15-28(24(29)27-23-14-26-31-18(23)3)10-9-20(16)11-19-5-4-6-21(12-19)30-22-8-7-17(2)25-13-22/h4-8,11-14,16H,9-10,15H2,1-3H3,(H,27,29). The van der Waals surface area contributed by atoms with Crippen molar-refractivity contribution >= 4 is 17.8 Å². The number of benzene rings is 1. The third-order valence-corrected chi connectivity index (χ3v) is 5.41. The highest BCUT2D eigenvalue weighted by atomic mass is 16.5. The third kappa shape index (κ3) is 5.12. The molecule has 3 heterocycles. The lowest BCUT2D eigenvalue weighted by atomic mass is 9.91. The molecule has 7 heteroatoms. The zero-order chi connectivity index (χ0) is 21.8. The van der Waals surface area contributed by atoms with Gasteiger partial charge in [0.05, 0.1) is 12.4 Å². The summed E-state index contributed by atoms with van der Waals surface area (Å²) in [6.07, 6.45) is 6.27. The second-order valence-electron chi connectivity index (χ2n) is 7.85. The highest BCUT2D eigenvalue weighted by Crippen LogP contribution is 2.28. The second-order valence-corrected chi connectivity index (χ2v) is 7.85. The Bertz CT molecular complexity index is 1090. The van der Waals surface area contributed by atoms with E-state index in [-0.39, 0.29) is 11.9 Å². The number of ether oxygens (including phenoxy) is 1. The van der Waals surface area contributed by atoms with Crippen LogP contribution in [0.1, 0.15) is 30.4 Å².